The summed E-state index contributed by atoms with van der Waals surface area (Å²) < 4.78 is 88.4. The van der Waals surface area contributed by atoms with Gasteiger partial charge in [-0.15, -0.1) is 5.10 Å². The van der Waals surface area contributed by atoms with Crippen molar-refractivity contribution in [2.75, 3.05) is 22.9 Å². The van der Waals surface area contributed by atoms with E-state index in [1.165, 1.54) is 12.1 Å². The molecule has 1 aliphatic carbocycles. The zero-order valence-corrected chi connectivity index (χ0v) is 20.2. The van der Waals surface area contributed by atoms with Gasteiger partial charge in [-0.25, -0.2) is 4.68 Å². The summed E-state index contributed by atoms with van der Waals surface area (Å²) in [5.74, 6) is 0.266. The summed E-state index contributed by atoms with van der Waals surface area (Å²) in [5, 5.41) is 8.23. The largest absolute Gasteiger partial charge is 0.416 e. The van der Waals surface area contributed by atoms with Crippen LogP contribution in [0.4, 0.5) is 38.3 Å². The molecule has 4 aliphatic rings. The number of alkyl halides is 6. The number of nitrogens with zero attached hydrogens (tertiary/aromatic N) is 7. The van der Waals surface area contributed by atoms with Crippen LogP contribution >= 0.6 is 0 Å². The van der Waals surface area contributed by atoms with E-state index >= 15 is 0 Å². The fraction of sp³-hybridized carbons (Fsp3) is 0.583. The first-order valence-corrected chi connectivity index (χ1v) is 12.5. The van der Waals surface area contributed by atoms with Gasteiger partial charge in [-0.05, 0) is 50.2 Å². The van der Waals surface area contributed by atoms with Gasteiger partial charge in [0.2, 0.25) is 5.95 Å². The highest BCUT2D eigenvalue weighted by molar-refractivity contribution is 5.59. The summed E-state index contributed by atoms with van der Waals surface area (Å²) in [6, 6.07) is 3.36. The lowest BCUT2D eigenvalue weighted by Crippen LogP contribution is -2.42. The van der Waals surface area contributed by atoms with Crippen molar-refractivity contribution in [1.82, 2.24) is 24.9 Å². The molecule has 3 aromatic rings. The number of benzene rings is 1. The third-order valence-corrected chi connectivity index (χ3v) is 8.53. The molecule has 3 aliphatic heterocycles. The fourth-order valence-electron chi connectivity index (χ4n) is 6.93. The van der Waals surface area contributed by atoms with E-state index in [9.17, 15) is 26.3 Å². The second-order valence-electron chi connectivity index (χ2n) is 10.7. The molecule has 0 amide bonds. The predicted octanol–water partition coefficient (Wildman–Crippen LogP) is 4.88. The molecule has 2 saturated heterocycles. The Labute approximate surface area is 212 Å². The van der Waals surface area contributed by atoms with Crippen molar-refractivity contribution in [3.8, 4) is 0 Å². The molecule has 2 unspecified atom stereocenters. The summed E-state index contributed by atoms with van der Waals surface area (Å²) in [4.78, 5) is 12.9. The Morgan fingerprint density at radius 3 is 2.58 bits per heavy atom. The average molecular weight is 539 g/mol. The van der Waals surface area contributed by atoms with Crippen molar-refractivity contribution in [3.63, 3.8) is 0 Å². The van der Waals surface area contributed by atoms with Gasteiger partial charge < -0.3 is 14.3 Å². The molecule has 38 heavy (non-hydrogen) atoms. The maximum Gasteiger partial charge on any atom is 0.416 e. The highest BCUT2D eigenvalue weighted by Crippen LogP contribution is 2.61. The number of fused-ring (bicyclic) bond motifs is 1. The minimum absolute atomic E-state index is 0.0190. The van der Waals surface area contributed by atoms with Crippen molar-refractivity contribution < 1.29 is 30.9 Å². The van der Waals surface area contributed by atoms with Crippen molar-refractivity contribution in [2.45, 2.75) is 68.5 Å². The Hall–Kier alpha value is -3.32. The first kappa shape index (κ1) is 23.8. The minimum atomic E-state index is -4.56. The lowest BCUT2D eigenvalue weighted by atomic mass is 9.87. The number of hydrogen-bond donors (Lipinski definition) is 0. The van der Waals surface area contributed by atoms with E-state index in [1.807, 2.05) is 9.80 Å². The van der Waals surface area contributed by atoms with Gasteiger partial charge in [0.05, 0.1) is 17.1 Å². The summed E-state index contributed by atoms with van der Waals surface area (Å²) in [5.41, 5.74) is -0.910. The molecule has 5 atom stereocenters. The zero-order valence-electron chi connectivity index (χ0n) is 20.2. The number of hydrogen-bond acceptors (Lipinski definition) is 7. The van der Waals surface area contributed by atoms with E-state index in [0.29, 0.717) is 24.9 Å². The van der Waals surface area contributed by atoms with Crippen molar-refractivity contribution in [3.05, 3.63) is 47.0 Å². The van der Waals surface area contributed by atoms with Crippen LogP contribution in [0.25, 0.3) is 0 Å². The predicted molar refractivity (Wildman–Crippen MR) is 121 cm³/mol. The number of piperidine rings is 2. The van der Waals surface area contributed by atoms with Crippen LogP contribution in [0.3, 0.4) is 0 Å². The third-order valence-electron chi connectivity index (χ3n) is 8.53. The number of aryl methyl sites for hydroxylation is 1. The van der Waals surface area contributed by atoms with Crippen LogP contribution in [-0.4, -0.2) is 55.8 Å². The molecule has 0 spiro atoms. The molecule has 3 fully saturated rings. The maximum absolute atomic E-state index is 14.0. The Morgan fingerprint density at radius 2 is 1.87 bits per heavy atom. The van der Waals surface area contributed by atoms with Gasteiger partial charge in [0.1, 0.15) is 11.9 Å². The molecule has 2 bridgehead atoms. The van der Waals surface area contributed by atoms with Gasteiger partial charge >= 0.3 is 18.4 Å². The Kier molecular flexibility index (Phi) is 4.77. The van der Waals surface area contributed by atoms with Crippen molar-refractivity contribution >= 4 is 12.0 Å². The highest BCUT2D eigenvalue weighted by Gasteiger charge is 2.73. The van der Waals surface area contributed by atoms with E-state index in [2.05, 4.69) is 20.2 Å². The maximum atomic E-state index is 14.0. The summed E-state index contributed by atoms with van der Waals surface area (Å²) in [6.45, 7) is 2.96. The normalized spacial score (nSPS) is 30.4. The summed E-state index contributed by atoms with van der Waals surface area (Å²) >= 11 is 0. The molecule has 0 N–H and O–H groups in total. The summed E-state index contributed by atoms with van der Waals surface area (Å²) in [7, 11) is 0. The van der Waals surface area contributed by atoms with Gasteiger partial charge in [-0.2, -0.15) is 36.3 Å². The van der Waals surface area contributed by atoms with Crippen LogP contribution in [0, 0.1) is 12.8 Å². The van der Waals surface area contributed by atoms with Gasteiger partial charge in [0, 0.05) is 19.0 Å². The molecule has 14 heteroatoms. The first-order valence-electron chi connectivity index (χ1n) is 12.5. The van der Waals surface area contributed by atoms with E-state index < -0.39 is 29.9 Å². The molecule has 5 heterocycles. The van der Waals surface area contributed by atoms with Gasteiger partial charge in [0.15, 0.2) is 5.82 Å². The standard InChI is InChI=1S/C24H23F6N7O/c1-12-31-21(38-34-12)35-10-14-7-8-22(11-35)18(14)36(22)20-32-19-16(5-6-17(24(28,29)30)37(19)33-20)13-3-2-4-15(9-13)23(25,26)27/h2-4,9,14,16-18H,5-8,10-11H2,1H3/t14-,16?,17?,18-,22-,36?/m0/s1. The Balaban J connectivity index is 1.25. The number of aromatic nitrogens is 5. The Bertz CT molecular complexity index is 1400. The summed E-state index contributed by atoms with van der Waals surface area (Å²) in [6.07, 6.45) is -7.61. The molecule has 1 saturated carbocycles. The molecule has 7 rings (SSSR count). The highest BCUT2D eigenvalue weighted by atomic mass is 19.4. The second-order valence-corrected chi connectivity index (χ2v) is 10.7. The van der Waals surface area contributed by atoms with Crippen LogP contribution < -0.4 is 9.80 Å². The van der Waals surface area contributed by atoms with Crippen molar-refractivity contribution in [2.24, 2.45) is 5.92 Å². The van der Waals surface area contributed by atoms with E-state index in [-0.39, 0.29) is 47.7 Å². The lowest BCUT2D eigenvalue weighted by molar-refractivity contribution is -0.175. The number of anilines is 2. The van der Waals surface area contributed by atoms with Crippen LogP contribution in [0.15, 0.2) is 28.8 Å². The van der Waals surface area contributed by atoms with Crippen molar-refractivity contribution in [1.29, 1.82) is 0 Å². The SMILES string of the molecule is Cc1noc(N2C[C@@H]3CC[C@]4(C2)[C@H]3N4c2nc3n(n2)C(C(F)(F)F)CCC3c2cccc(C(F)(F)F)c2)n1. The molecular weight excluding hydrogens is 516 g/mol. The molecule has 8 nitrogen and oxygen atoms in total. The second kappa shape index (κ2) is 7.63. The van der Waals surface area contributed by atoms with Gasteiger partial charge in [-0.1, -0.05) is 23.4 Å². The zero-order chi connectivity index (χ0) is 26.6. The van der Waals surface area contributed by atoms with Crippen LogP contribution in [0.1, 0.15) is 60.4 Å². The van der Waals surface area contributed by atoms with Crippen LogP contribution in [0.2, 0.25) is 0 Å². The lowest BCUT2D eigenvalue weighted by Gasteiger charge is -2.30. The van der Waals surface area contributed by atoms with E-state index in [4.69, 9.17) is 4.52 Å². The van der Waals surface area contributed by atoms with Crippen LogP contribution in [-0.2, 0) is 6.18 Å². The number of halogens is 6. The molecular formula is C24H23F6N7O. The molecule has 0 radical (unpaired) electrons. The van der Waals surface area contributed by atoms with E-state index in [1.54, 1.807) is 6.92 Å². The van der Waals surface area contributed by atoms with Gasteiger partial charge in [0.25, 0.3) is 0 Å². The Morgan fingerprint density at radius 1 is 1.05 bits per heavy atom. The van der Waals surface area contributed by atoms with E-state index in [0.717, 1.165) is 29.7 Å². The molecule has 202 valence electrons. The monoisotopic (exact) mass is 539 g/mol. The average Bonchev–Trinajstić information content (AvgIpc) is 3.12. The smallest absolute Gasteiger partial charge is 0.324 e. The third kappa shape index (κ3) is 3.44. The molecule has 2 aromatic heterocycles. The van der Waals surface area contributed by atoms with Crippen LogP contribution in [0.5, 0.6) is 0 Å². The first-order chi connectivity index (χ1) is 18.0. The molecule has 1 aromatic carbocycles. The quantitative estimate of drug-likeness (QED) is 0.347. The minimum Gasteiger partial charge on any atom is -0.324 e. The number of rotatable bonds is 3. The topological polar surface area (TPSA) is 75.9 Å². The van der Waals surface area contributed by atoms with Gasteiger partial charge in [-0.3, -0.25) is 0 Å². The fourth-order valence-corrected chi connectivity index (χ4v) is 6.93.